The van der Waals surface area contributed by atoms with E-state index in [0.717, 1.165) is 23.1 Å². The van der Waals surface area contributed by atoms with Crippen molar-refractivity contribution < 1.29 is 27.6 Å². The number of carbonyl (C=O) groups excluding carboxylic acids is 2. The molecule has 0 radical (unpaired) electrons. The van der Waals surface area contributed by atoms with Crippen LogP contribution in [0.4, 0.5) is 4.39 Å². The molecule has 1 atom stereocenters. The number of rotatable bonds is 7. The van der Waals surface area contributed by atoms with Gasteiger partial charge < -0.3 is 23.4 Å². The van der Waals surface area contributed by atoms with Crippen LogP contribution in [0.5, 0.6) is 5.75 Å². The maximum Gasteiger partial charge on any atom is 0.289 e. The van der Waals surface area contributed by atoms with E-state index in [1.54, 1.807) is 61.5 Å². The first-order valence-corrected chi connectivity index (χ1v) is 12.0. The molecule has 0 saturated carbocycles. The van der Waals surface area contributed by atoms with Crippen LogP contribution in [-0.2, 0) is 24.4 Å². The lowest BCUT2D eigenvalue weighted by atomic mass is 9.88. The van der Waals surface area contributed by atoms with Gasteiger partial charge in [0.05, 0.1) is 18.8 Å². The lowest BCUT2D eigenvalue weighted by Crippen LogP contribution is -2.39. The molecule has 0 spiro atoms. The topological polar surface area (TPSA) is 76.1 Å². The van der Waals surface area contributed by atoms with E-state index in [1.807, 2.05) is 18.2 Å². The molecule has 1 aliphatic heterocycles. The molecule has 0 saturated heterocycles. The van der Waals surface area contributed by atoms with Crippen molar-refractivity contribution >= 4 is 11.8 Å². The summed E-state index contributed by atoms with van der Waals surface area (Å²) in [6.45, 7) is 2.59. The predicted molar refractivity (Wildman–Crippen MR) is 133 cm³/mol. The average molecular weight is 503 g/mol. The zero-order valence-electron chi connectivity index (χ0n) is 20.6. The van der Waals surface area contributed by atoms with Gasteiger partial charge in [-0.05, 0) is 71.6 Å². The van der Waals surface area contributed by atoms with Gasteiger partial charge >= 0.3 is 0 Å². The molecule has 1 aliphatic rings. The average Bonchev–Trinajstić information content (AvgIpc) is 3.59. The second-order valence-corrected chi connectivity index (χ2v) is 9.07. The van der Waals surface area contributed by atoms with Crippen LogP contribution in [0.1, 0.15) is 51.7 Å². The van der Waals surface area contributed by atoms with Crippen LogP contribution in [0.15, 0.2) is 81.8 Å². The fourth-order valence-electron chi connectivity index (χ4n) is 4.65. The minimum atomic E-state index is -0.331. The Hall–Kier alpha value is -4.33. The SMILES string of the molecule is CC(=O)N1CCc2ccc(OCc3ccc(C(=O)N(C)Cc4ccco4)o3)cc2C1c1ccc(F)cc1. The predicted octanol–water partition coefficient (Wildman–Crippen LogP) is 5.36. The number of furan rings is 2. The summed E-state index contributed by atoms with van der Waals surface area (Å²) in [6.07, 6.45) is 2.29. The number of ether oxygens (including phenoxy) is 1. The maximum absolute atomic E-state index is 13.6. The number of fused-ring (bicyclic) bond motifs is 1. The summed E-state index contributed by atoms with van der Waals surface area (Å²) >= 11 is 0. The minimum absolute atomic E-state index is 0.0453. The lowest BCUT2D eigenvalue weighted by molar-refractivity contribution is -0.130. The number of hydrogen-bond acceptors (Lipinski definition) is 5. The Morgan fingerprint density at radius 3 is 2.62 bits per heavy atom. The van der Waals surface area contributed by atoms with Crippen molar-refractivity contribution in [2.75, 3.05) is 13.6 Å². The van der Waals surface area contributed by atoms with E-state index in [4.69, 9.17) is 13.6 Å². The third-order valence-electron chi connectivity index (χ3n) is 6.51. The molecule has 0 N–H and O–H groups in total. The fourth-order valence-corrected chi connectivity index (χ4v) is 4.65. The van der Waals surface area contributed by atoms with Crippen LogP contribution in [0, 0.1) is 5.82 Å². The Morgan fingerprint density at radius 1 is 1.08 bits per heavy atom. The first-order valence-electron chi connectivity index (χ1n) is 12.0. The van der Waals surface area contributed by atoms with E-state index >= 15 is 0 Å². The monoisotopic (exact) mass is 502 g/mol. The van der Waals surface area contributed by atoms with E-state index in [2.05, 4.69) is 0 Å². The molecule has 37 heavy (non-hydrogen) atoms. The number of benzene rings is 2. The van der Waals surface area contributed by atoms with Gasteiger partial charge in [0.1, 0.15) is 29.7 Å². The van der Waals surface area contributed by atoms with Crippen LogP contribution in [0.25, 0.3) is 0 Å². The number of amides is 2. The molecule has 7 nitrogen and oxygen atoms in total. The van der Waals surface area contributed by atoms with Crippen molar-refractivity contribution in [1.29, 1.82) is 0 Å². The van der Waals surface area contributed by atoms with Crippen molar-refractivity contribution in [1.82, 2.24) is 9.80 Å². The van der Waals surface area contributed by atoms with Crippen LogP contribution < -0.4 is 4.74 Å². The third kappa shape index (κ3) is 5.28. The van der Waals surface area contributed by atoms with Crippen molar-refractivity contribution in [3.63, 3.8) is 0 Å². The van der Waals surface area contributed by atoms with Gasteiger partial charge in [-0.25, -0.2) is 4.39 Å². The largest absolute Gasteiger partial charge is 0.486 e. The highest BCUT2D eigenvalue weighted by molar-refractivity contribution is 5.91. The summed E-state index contributed by atoms with van der Waals surface area (Å²) in [5.74, 6) is 1.38. The quantitative estimate of drug-likeness (QED) is 0.340. The molecule has 3 heterocycles. The molecule has 5 rings (SSSR count). The van der Waals surface area contributed by atoms with Gasteiger partial charge in [-0.1, -0.05) is 18.2 Å². The standard InChI is InChI=1S/C29H27FN2O5/c1-19(33)32-14-13-20-7-10-23(16-26(20)28(32)21-5-8-22(30)9-6-21)36-18-25-11-12-27(37-25)29(34)31(2)17-24-4-3-15-35-24/h3-12,15-16,28H,13-14,17-18H2,1-2H3. The molecule has 0 bridgehead atoms. The Balaban J connectivity index is 1.31. The minimum Gasteiger partial charge on any atom is -0.486 e. The highest BCUT2D eigenvalue weighted by Gasteiger charge is 2.31. The summed E-state index contributed by atoms with van der Waals surface area (Å²) in [7, 11) is 1.68. The van der Waals surface area contributed by atoms with Crippen LogP contribution in [0.3, 0.4) is 0 Å². The highest BCUT2D eigenvalue weighted by atomic mass is 19.1. The Kier molecular flexibility index (Phi) is 6.81. The van der Waals surface area contributed by atoms with Gasteiger partial charge in [-0.3, -0.25) is 9.59 Å². The molecule has 4 aromatic rings. The summed E-state index contributed by atoms with van der Waals surface area (Å²) in [5.41, 5.74) is 2.90. The Bertz CT molecular complexity index is 1390. The molecule has 190 valence electrons. The summed E-state index contributed by atoms with van der Waals surface area (Å²) in [4.78, 5) is 28.4. The third-order valence-corrected chi connectivity index (χ3v) is 6.51. The van der Waals surface area contributed by atoms with Gasteiger partial charge in [-0.15, -0.1) is 0 Å². The molecular formula is C29H27FN2O5. The van der Waals surface area contributed by atoms with Gasteiger partial charge in [0.2, 0.25) is 5.91 Å². The molecule has 1 unspecified atom stereocenters. The molecule has 2 amide bonds. The first-order chi connectivity index (χ1) is 17.9. The molecule has 0 fully saturated rings. The van der Waals surface area contributed by atoms with Gasteiger partial charge in [0, 0.05) is 20.5 Å². The van der Waals surface area contributed by atoms with Gasteiger partial charge in [-0.2, -0.15) is 0 Å². The second kappa shape index (κ2) is 10.3. The molecule has 2 aromatic heterocycles. The number of hydrogen-bond donors (Lipinski definition) is 0. The fraction of sp³-hybridized carbons (Fsp3) is 0.241. The Labute approximate surface area is 214 Å². The number of carbonyl (C=O) groups is 2. The molecule has 0 aliphatic carbocycles. The van der Waals surface area contributed by atoms with Gasteiger partial charge in [0.25, 0.3) is 5.91 Å². The van der Waals surface area contributed by atoms with Crippen LogP contribution in [-0.4, -0.2) is 35.2 Å². The van der Waals surface area contributed by atoms with Crippen molar-refractivity contribution in [2.45, 2.75) is 32.5 Å². The smallest absolute Gasteiger partial charge is 0.289 e. The van der Waals surface area contributed by atoms with E-state index in [1.165, 1.54) is 17.0 Å². The summed E-state index contributed by atoms with van der Waals surface area (Å²) < 4.78 is 30.6. The van der Waals surface area contributed by atoms with Crippen molar-refractivity contribution in [3.8, 4) is 5.75 Å². The normalized spacial score (nSPS) is 14.8. The van der Waals surface area contributed by atoms with Crippen LogP contribution >= 0.6 is 0 Å². The lowest BCUT2D eigenvalue weighted by Gasteiger charge is -2.37. The van der Waals surface area contributed by atoms with E-state index in [0.29, 0.717) is 30.4 Å². The maximum atomic E-state index is 13.6. The van der Waals surface area contributed by atoms with Crippen molar-refractivity contribution in [3.05, 3.63) is 113 Å². The van der Waals surface area contributed by atoms with E-state index < -0.39 is 0 Å². The summed E-state index contributed by atoms with van der Waals surface area (Å²) in [5, 5.41) is 0. The van der Waals surface area contributed by atoms with Gasteiger partial charge in [0.15, 0.2) is 5.76 Å². The second-order valence-electron chi connectivity index (χ2n) is 9.07. The molecule has 2 aromatic carbocycles. The molecular weight excluding hydrogens is 475 g/mol. The Morgan fingerprint density at radius 2 is 1.89 bits per heavy atom. The van der Waals surface area contributed by atoms with Crippen LogP contribution in [0.2, 0.25) is 0 Å². The molecule has 8 heteroatoms. The van der Waals surface area contributed by atoms with E-state index in [-0.39, 0.29) is 36.0 Å². The van der Waals surface area contributed by atoms with Crippen molar-refractivity contribution in [2.24, 2.45) is 0 Å². The zero-order valence-corrected chi connectivity index (χ0v) is 20.6. The number of nitrogens with zero attached hydrogens (tertiary/aromatic N) is 2. The van der Waals surface area contributed by atoms with E-state index in [9.17, 15) is 14.0 Å². The summed E-state index contributed by atoms with van der Waals surface area (Å²) in [6, 6.07) is 18.6. The highest BCUT2D eigenvalue weighted by Crippen LogP contribution is 2.37. The first kappa shape index (κ1) is 24.4. The number of halogens is 1. The zero-order chi connectivity index (χ0) is 25.9.